The molecular formula is C22H24F2N2O3. The number of para-hydroxylation sites is 1. The van der Waals surface area contributed by atoms with Crippen LogP contribution in [-0.2, 0) is 22.6 Å². The summed E-state index contributed by atoms with van der Waals surface area (Å²) in [7, 11) is 0. The van der Waals surface area contributed by atoms with Crippen molar-refractivity contribution in [2.24, 2.45) is 0 Å². The normalized spacial score (nSPS) is 15.0. The Labute approximate surface area is 168 Å². The van der Waals surface area contributed by atoms with Crippen molar-refractivity contribution in [2.45, 2.75) is 19.7 Å². The molecule has 3 rings (SSSR count). The summed E-state index contributed by atoms with van der Waals surface area (Å²) in [6, 6.07) is 14.4. The van der Waals surface area contributed by atoms with Crippen LogP contribution < -0.4 is 10.1 Å². The van der Waals surface area contributed by atoms with Crippen molar-refractivity contribution in [3.63, 3.8) is 0 Å². The SMILES string of the molecule is O=C(/C=C/c1ccccc1OC(F)F)NCc1ccc(CN2CCOCC2)cc1. The molecule has 0 unspecified atom stereocenters. The zero-order chi connectivity index (χ0) is 20.5. The molecule has 0 bridgehead atoms. The summed E-state index contributed by atoms with van der Waals surface area (Å²) in [5.41, 5.74) is 2.62. The number of rotatable bonds is 8. The van der Waals surface area contributed by atoms with Crippen LogP contribution in [0.25, 0.3) is 6.08 Å². The van der Waals surface area contributed by atoms with Crippen LogP contribution in [-0.4, -0.2) is 43.7 Å². The van der Waals surface area contributed by atoms with Crippen LogP contribution in [0.2, 0.25) is 0 Å². The number of nitrogens with zero attached hydrogens (tertiary/aromatic N) is 1. The Morgan fingerprint density at radius 2 is 1.79 bits per heavy atom. The van der Waals surface area contributed by atoms with Crippen molar-refractivity contribution < 1.29 is 23.0 Å². The van der Waals surface area contributed by atoms with Crippen LogP contribution in [0.1, 0.15) is 16.7 Å². The van der Waals surface area contributed by atoms with Gasteiger partial charge >= 0.3 is 6.61 Å². The van der Waals surface area contributed by atoms with E-state index < -0.39 is 6.61 Å². The van der Waals surface area contributed by atoms with Gasteiger partial charge in [0.1, 0.15) is 5.75 Å². The molecule has 0 atom stereocenters. The molecular weight excluding hydrogens is 378 g/mol. The van der Waals surface area contributed by atoms with E-state index in [4.69, 9.17) is 4.74 Å². The van der Waals surface area contributed by atoms with E-state index in [1.807, 2.05) is 12.1 Å². The molecule has 5 nitrogen and oxygen atoms in total. The average Bonchev–Trinajstić information content (AvgIpc) is 2.73. The summed E-state index contributed by atoms with van der Waals surface area (Å²) >= 11 is 0. The predicted octanol–water partition coefficient (Wildman–Crippen LogP) is 3.45. The van der Waals surface area contributed by atoms with Gasteiger partial charge in [0, 0.05) is 37.8 Å². The molecule has 1 aliphatic rings. The second kappa shape index (κ2) is 10.7. The number of benzene rings is 2. The van der Waals surface area contributed by atoms with Gasteiger partial charge in [0.2, 0.25) is 5.91 Å². The molecule has 1 saturated heterocycles. The van der Waals surface area contributed by atoms with Crippen molar-refractivity contribution in [2.75, 3.05) is 26.3 Å². The van der Waals surface area contributed by atoms with Crippen LogP contribution >= 0.6 is 0 Å². The molecule has 154 valence electrons. The van der Waals surface area contributed by atoms with E-state index in [1.54, 1.807) is 18.2 Å². The van der Waals surface area contributed by atoms with E-state index in [0.29, 0.717) is 12.1 Å². The molecule has 1 heterocycles. The largest absolute Gasteiger partial charge is 0.434 e. The molecule has 1 amide bonds. The molecule has 2 aromatic rings. The zero-order valence-electron chi connectivity index (χ0n) is 16.0. The highest BCUT2D eigenvalue weighted by molar-refractivity contribution is 5.92. The Bertz CT molecular complexity index is 819. The number of alkyl halides is 2. The first kappa shape index (κ1) is 21.0. The minimum atomic E-state index is -2.91. The topological polar surface area (TPSA) is 50.8 Å². The zero-order valence-corrected chi connectivity index (χ0v) is 16.0. The molecule has 0 aromatic heterocycles. The van der Waals surface area contributed by atoms with Crippen molar-refractivity contribution >= 4 is 12.0 Å². The molecule has 29 heavy (non-hydrogen) atoms. The summed E-state index contributed by atoms with van der Waals surface area (Å²) < 4.78 is 34.7. The van der Waals surface area contributed by atoms with Crippen LogP contribution in [0.5, 0.6) is 5.75 Å². The summed E-state index contributed by atoms with van der Waals surface area (Å²) in [6.07, 6.45) is 2.76. The van der Waals surface area contributed by atoms with Crippen LogP contribution in [0.15, 0.2) is 54.6 Å². The predicted molar refractivity (Wildman–Crippen MR) is 106 cm³/mol. The first-order valence-corrected chi connectivity index (χ1v) is 9.48. The Morgan fingerprint density at radius 1 is 1.10 bits per heavy atom. The number of morpholine rings is 1. The minimum Gasteiger partial charge on any atom is -0.434 e. The Balaban J connectivity index is 1.48. The third kappa shape index (κ3) is 6.96. The molecule has 1 fully saturated rings. The first-order chi connectivity index (χ1) is 14.1. The highest BCUT2D eigenvalue weighted by Crippen LogP contribution is 2.21. The van der Waals surface area contributed by atoms with Gasteiger partial charge in [-0.15, -0.1) is 0 Å². The molecule has 1 aliphatic heterocycles. The lowest BCUT2D eigenvalue weighted by Crippen LogP contribution is -2.35. The first-order valence-electron chi connectivity index (χ1n) is 9.48. The van der Waals surface area contributed by atoms with Gasteiger partial charge < -0.3 is 14.8 Å². The Kier molecular flexibility index (Phi) is 7.72. The minimum absolute atomic E-state index is 0.0300. The fraction of sp³-hybridized carbons (Fsp3) is 0.318. The summed E-state index contributed by atoms with van der Waals surface area (Å²) in [6.45, 7) is 1.79. The number of ether oxygens (including phenoxy) is 2. The van der Waals surface area contributed by atoms with Crippen LogP contribution in [0.3, 0.4) is 0 Å². The van der Waals surface area contributed by atoms with E-state index in [-0.39, 0.29) is 11.7 Å². The van der Waals surface area contributed by atoms with E-state index in [0.717, 1.165) is 38.4 Å². The molecule has 0 aliphatic carbocycles. The highest BCUT2D eigenvalue weighted by Gasteiger charge is 2.10. The van der Waals surface area contributed by atoms with Gasteiger partial charge in [-0.2, -0.15) is 8.78 Å². The summed E-state index contributed by atoms with van der Waals surface area (Å²) in [5.74, 6) is -0.281. The van der Waals surface area contributed by atoms with E-state index in [2.05, 4.69) is 27.1 Å². The van der Waals surface area contributed by atoms with Gasteiger partial charge in [0.15, 0.2) is 0 Å². The fourth-order valence-electron chi connectivity index (χ4n) is 3.02. The summed E-state index contributed by atoms with van der Waals surface area (Å²) in [4.78, 5) is 14.4. The lowest BCUT2D eigenvalue weighted by molar-refractivity contribution is -0.116. The number of nitrogens with one attached hydrogen (secondary N) is 1. The van der Waals surface area contributed by atoms with Gasteiger partial charge in [-0.1, -0.05) is 42.5 Å². The smallest absolute Gasteiger partial charge is 0.387 e. The van der Waals surface area contributed by atoms with Gasteiger partial charge in [-0.25, -0.2) is 0 Å². The van der Waals surface area contributed by atoms with Crippen molar-refractivity contribution in [1.82, 2.24) is 10.2 Å². The van der Waals surface area contributed by atoms with E-state index in [1.165, 1.54) is 23.8 Å². The third-order valence-electron chi connectivity index (χ3n) is 4.55. The maximum atomic E-state index is 12.4. The quantitative estimate of drug-likeness (QED) is 0.688. The molecule has 7 heteroatoms. The van der Waals surface area contributed by atoms with Gasteiger partial charge in [-0.05, 0) is 23.3 Å². The van der Waals surface area contributed by atoms with Crippen molar-refractivity contribution in [3.05, 3.63) is 71.3 Å². The summed E-state index contributed by atoms with van der Waals surface area (Å²) in [5, 5.41) is 2.79. The molecule has 2 aromatic carbocycles. The monoisotopic (exact) mass is 402 g/mol. The van der Waals surface area contributed by atoms with Gasteiger partial charge in [0.05, 0.1) is 13.2 Å². The van der Waals surface area contributed by atoms with E-state index in [9.17, 15) is 13.6 Å². The fourth-order valence-corrected chi connectivity index (χ4v) is 3.02. The number of halogens is 2. The molecule has 0 spiro atoms. The lowest BCUT2D eigenvalue weighted by Gasteiger charge is -2.26. The van der Waals surface area contributed by atoms with Crippen molar-refractivity contribution in [3.8, 4) is 5.75 Å². The average molecular weight is 402 g/mol. The van der Waals surface area contributed by atoms with E-state index >= 15 is 0 Å². The Hall–Kier alpha value is -2.77. The maximum Gasteiger partial charge on any atom is 0.387 e. The van der Waals surface area contributed by atoms with Crippen LogP contribution in [0.4, 0.5) is 8.78 Å². The number of amides is 1. The number of hydrogen-bond donors (Lipinski definition) is 1. The maximum absolute atomic E-state index is 12.4. The second-order valence-corrected chi connectivity index (χ2v) is 6.67. The van der Waals surface area contributed by atoms with Crippen molar-refractivity contribution in [1.29, 1.82) is 0 Å². The Morgan fingerprint density at radius 3 is 2.52 bits per heavy atom. The van der Waals surface area contributed by atoms with Crippen LogP contribution in [0, 0.1) is 0 Å². The van der Waals surface area contributed by atoms with Gasteiger partial charge in [0.25, 0.3) is 0 Å². The number of hydrogen-bond acceptors (Lipinski definition) is 4. The standard InChI is InChI=1S/C22H24F2N2O3/c23-22(24)29-20-4-2-1-3-19(20)9-10-21(27)25-15-17-5-7-18(8-6-17)16-26-11-13-28-14-12-26/h1-10,22H,11-16H2,(H,25,27)/b10-9+. The molecule has 0 saturated carbocycles. The molecule has 0 radical (unpaired) electrons. The second-order valence-electron chi connectivity index (χ2n) is 6.67. The number of carbonyl (C=O) groups excluding carboxylic acids is 1. The number of carbonyl (C=O) groups is 1. The van der Waals surface area contributed by atoms with Gasteiger partial charge in [-0.3, -0.25) is 9.69 Å². The highest BCUT2D eigenvalue weighted by atomic mass is 19.3. The lowest BCUT2D eigenvalue weighted by atomic mass is 10.1. The molecule has 1 N–H and O–H groups in total. The third-order valence-corrected chi connectivity index (χ3v) is 4.55.